The third kappa shape index (κ3) is 6.77. The van der Waals surface area contributed by atoms with E-state index in [0.29, 0.717) is 30.3 Å². The van der Waals surface area contributed by atoms with Crippen LogP contribution in [-0.2, 0) is 14.3 Å². The molecule has 1 aliphatic rings. The zero-order valence-electron chi connectivity index (χ0n) is 15.6. The Balaban J connectivity index is 2.64. The van der Waals surface area contributed by atoms with Crippen LogP contribution in [0.15, 0.2) is 0 Å². The van der Waals surface area contributed by atoms with Crippen LogP contribution in [0.5, 0.6) is 0 Å². The lowest BCUT2D eigenvalue weighted by atomic mass is 9.84. The number of carbonyl (C=O) groups is 1. The molecule has 0 aliphatic carbocycles. The fourth-order valence-corrected chi connectivity index (χ4v) is 3.38. The number of esters is 1. The third-order valence-electron chi connectivity index (χ3n) is 5.19. The predicted octanol–water partition coefficient (Wildman–Crippen LogP) is 3.00. The quantitative estimate of drug-likeness (QED) is 0.591. The number of rotatable bonds is 11. The van der Waals surface area contributed by atoms with Crippen molar-refractivity contribution in [2.45, 2.75) is 71.4 Å². The number of hydrogen-bond acceptors (Lipinski definition) is 5. The molecular weight excluding hydrogens is 292 g/mol. The van der Waals surface area contributed by atoms with Crippen LogP contribution in [0, 0.1) is 11.8 Å². The van der Waals surface area contributed by atoms with E-state index in [9.17, 15) is 4.79 Å². The first-order chi connectivity index (χ1) is 11.0. The van der Waals surface area contributed by atoms with Crippen molar-refractivity contribution in [1.82, 2.24) is 10.4 Å². The summed E-state index contributed by atoms with van der Waals surface area (Å²) in [5.74, 6) is 0.613. The van der Waals surface area contributed by atoms with Gasteiger partial charge in [-0.05, 0) is 31.1 Å². The maximum Gasteiger partial charge on any atom is 0.305 e. The zero-order valence-corrected chi connectivity index (χ0v) is 15.6. The lowest BCUT2D eigenvalue weighted by Gasteiger charge is -2.35. The highest BCUT2D eigenvalue weighted by molar-refractivity contribution is 5.69. The summed E-state index contributed by atoms with van der Waals surface area (Å²) in [7, 11) is 3.23. The van der Waals surface area contributed by atoms with Gasteiger partial charge in [-0.1, -0.05) is 33.6 Å². The number of methoxy groups -OCH3 is 2. The van der Waals surface area contributed by atoms with Crippen LogP contribution in [0.2, 0.25) is 0 Å². The Kier molecular flexibility index (Phi) is 9.75. The Bertz CT molecular complexity index is 338. The second-order valence-corrected chi connectivity index (χ2v) is 6.94. The Labute approximate surface area is 142 Å². The van der Waals surface area contributed by atoms with Gasteiger partial charge in [0.15, 0.2) is 0 Å². The highest BCUT2D eigenvalue weighted by Gasteiger charge is 2.30. The maximum atomic E-state index is 11.6. The zero-order chi connectivity index (χ0) is 17.2. The van der Waals surface area contributed by atoms with Crippen molar-refractivity contribution in [3.8, 4) is 0 Å². The number of nitrogens with one attached hydrogen (secondary N) is 1. The van der Waals surface area contributed by atoms with Crippen molar-refractivity contribution in [1.29, 1.82) is 0 Å². The minimum absolute atomic E-state index is 0.114. The van der Waals surface area contributed by atoms with Crippen LogP contribution in [0.1, 0.15) is 59.3 Å². The van der Waals surface area contributed by atoms with Crippen LogP contribution in [-0.4, -0.2) is 50.4 Å². The summed E-state index contributed by atoms with van der Waals surface area (Å²) in [6.45, 7) is 8.48. The number of unbranched alkanes of at least 4 members (excludes halogenated alkanes) is 1. The van der Waals surface area contributed by atoms with Crippen LogP contribution in [0.25, 0.3) is 0 Å². The second kappa shape index (κ2) is 11.0. The number of ether oxygens (including phenoxy) is 2. The molecule has 5 heteroatoms. The molecule has 0 radical (unpaired) electrons. The van der Waals surface area contributed by atoms with Gasteiger partial charge in [0.1, 0.15) is 0 Å². The minimum Gasteiger partial charge on any atom is -0.469 e. The van der Waals surface area contributed by atoms with E-state index in [-0.39, 0.29) is 5.97 Å². The maximum absolute atomic E-state index is 11.6. The Hall–Kier alpha value is -0.650. The highest BCUT2D eigenvalue weighted by atomic mass is 16.5. The number of nitrogens with zero attached hydrogens (tertiary/aromatic N) is 1. The molecule has 4 atom stereocenters. The molecule has 136 valence electrons. The van der Waals surface area contributed by atoms with Gasteiger partial charge in [-0.3, -0.25) is 10.2 Å². The Morgan fingerprint density at radius 3 is 2.70 bits per heavy atom. The topological polar surface area (TPSA) is 50.8 Å². The lowest BCUT2D eigenvalue weighted by molar-refractivity contribution is -0.142. The smallest absolute Gasteiger partial charge is 0.305 e. The van der Waals surface area contributed by atoms with Gasteiger partial charge in [0, 0.05) is 32.2 Å². The lowest BCUT2D eigenvalue weighted by Crippen LogP contribution is -2.51. The first kappa shape index (κ1) is 20.4. The van der Waals surface area contributed by atoms with Crippen molar-refractivity contribution < 1.29 is 14.3 Å². The molecular formula is C18H36N2O3. The molecule has 1 saturated heterocycles. The van der Waals surface area contributed by atoms with Gasteiger partial charge in [0.25, 0.3) is 0 Å². The van der Waals surface area contributed by atoms with E-state index in [0.717, 1.165) is 19.6 Å². The van der Waals surface area contributed by atoms with E-state index < -0.39 is 0 Å². The highest BCUT2D eigenvalue weighted by Crippen LogP contribution is 2.25. The average molecular weight is 328 g/mol. The first-order valence-corrected chi connectivity index (χ1v) is 9.12. The van der Waals surface area contributed by atoms with E-state index in [1.54, 1.807) is 7.11 Å². The van der Waals surface area contributed by atoms with Crippen LogP contribution < -0.4 is 5.43 Å². The molecule has 1 N–H and O–H groups in total. The molecule has 23 heavy (non-hydrogen) atoms. The molecule has 0 aromatic rings. The SMILES string of the molecule is CCCC[C@H](NN1CCC[C@H]1COC)[C@@H](C)[C@@H](C)CC(=O)OC. The van der Waals surface area contributed by atoms with Gasteiger partial charge in [-0.25, -0.2) is 5.01 Å². The van der Waals surface area contributed by atoms with Gasteiger partial charge < -0.3 is 9.47 Å². The number of carbonyl (C=O) groups excluding carboxylic acids is 1. The molecule has 1 rings (SSSR count). The molecule has 1 aliphatic heterocycles. The van der Waals surface area contributed by atoms with Gasteiger partial charge in [0.05, 0.1) is 13.7 Å². The van der Waals surface area contributed by atoms with Gasteiger partial charge >= 0.3 is 5.97 Å². The van der Waals surface area contributed by atoms with Crippen molar-refractivity contribution in [2.75, 3.05) is 27.4 Å². The van der Waals surface area contributed by atoms with Crippen molar-refractivity contribution in [3.63, 3.8) is 0 Å². The number of hydrogen-bond donors (Lipinski definition) is 1. The first-order valence-electron chi connectivity index (χ1n) is 9.12. The van der Waals surface area contributed by atoms with Crippen molar-refractivity contribution in [2.24, 2.45) is 11.8 Å². The molecule has 1 heterocycles. The van der Waals surface area contributed by atoms with Gasteiger partial charge in [-0.2, -0.15) is 0 Å². The van der Waals surface area contributed by atoms with Gasteiger partial charge in [-0.15, -0.1) is 0 Å². The number of hydrazine groups is 1. The van der Waals surface area contributed by atoms with Crippen LogP contribution in [0.3, 0.4) is 0 Å². The van der Waals surface area contributed by atoms with Crippen molar-refractivity contribution >= 4 is 5.97 Å². The summed E-state index contributed by atoms with van der Waals surface area (Å²) in [6, 6.07) is 0.860. The van der Waals surface area contributed by atoms with E-state index >= 15 is 0 Å². The predicted molar refractivity (Wildman–Crippen MR) is 93.0 cm³/mol. The Morgan fingerprint density at radius 1 is 1.35 bits per heavy atom. The summed E-state index contributed by atoms with van der Waals surface area (Å²) in [6.07, 6.45) is 6.43. The van der Waals surface area contributed by atoms with E-state index in [1.807, 2.05) is 0 Å². The average Bonchev–Trinajstić information content (AvgIpc) is 2.97. The monoisotopic (exact) mass is 328 g/mol. The molecule has 0 spiro atoms. The summed E-state index contributed by atoms with van der Waals surface area (Å²) < 4.78 is 10.2. The Morgan fingerprint density at radius 2 is 2.09 bits per heavy atom. The molecule has 0 saturated carbocycles. The van der Waals surface area contributed by atoms with Crippen LogP contribution in [0.4, 0.5) is 0 Å². The second-order valence-electron chi connectivity index (χ2n) is 6.94. The van der Waals surface area contributed by atoms with E-state index in [4.69, 9.17) is 9.47 Å². The standard InChI is InChI=1S/C18H36N2O3/c1-6-7-10-17(15(3)14(2)12-18(21)23-5)19-20-11-8-9-16(20)13-22-4/h14-17,19H,6-13H2,1-5H3/t14-,15-,16-,17-/m0/s1. The molecule has 0 unspecified atom stereocenters. The molecule has 0 aromatic heterocycles. The minimum atomic E-state index is -0.114. The summed E-state index contributed by atoms with van der Waals surface area (Å²) in [4.78, 5) is 11.6. The molecule has 1 fully saturated rings. The molecule has 0 bridgehead atoms. The normalized spacial score (nSPS) is 22.7. The fourth-order valence-electron chi connectivity index (χ4n) is 3.38. The molecule has 5 nitrogen and oxygen atoms in total. The van der Waals surface area contributed by atoms with Gasteiger partial charge in [0.2, 0.25) is 0 Å². The summed E-state index contributed by atoms with van der Waals surface area (Å²) >= 11 is 0. The summed E-state index contributed by atoms with van der Waals surface area (Å²) in [5, 5.41) is 2.37. The fraction of sp³-hybridized carbons (Fsp3) is 0.944. The van der Waals surface area contributed by atoms with E-state index in [2.05, 4.69) is 31.2 Å². The summed E-state index contributed by atoms with van der Waals surface area (Å²) in [5.41, 5.74) is 3.76. The molecule has 0 aromatic carbocycles. The van der Waals surface area contributed by atoms with Crippen LogP contribution >= 0.6 is 0 Å². The molecule has 0 amide bonds. The van der Waals surface area contributed by atoms with Crippen molar-refractivity contribution in [3.05, 3.63) is 0 Å². The third-order valence-corrected chi connectivity index (χ3v) is 5.19. The largest absolute Gasteiger partial charge is 0.469 e. The van der Waals surface area contributed by atoms with E-state index in [1.165, 1.54) is 32.8 Å².